The molecule has 1 aromatic heterocycles. The van der Waals surface area contributed by atoms with Crippen LogP contribution in [0.1, 0.15) is 35.2 Å². The molecule has 1 fully saturated rings. The lowest BCUT2D eigenvalue weighted by atomic mass is 9.78. The fourth-order valence-corrected chi connectivity index (χ4v) is 4.17. The second-order valence-electron chi connectivity index (χ2n) is 7.88. The van der Waals surface area contributed by atoms with Crippen LogP contribution >= 0.6 is 0 Å². The average Bonchev–Trinajstić information content (AvgIpc) is 3.36. The summed E-state index contributed by atoms with van der Waals surface area (Å²) in [6.07, 6.45) is 5.16. The molecule has 156 valence electrons. The standard InChI is InChI=1S/C23H23F2N3O2/c24-18-9-7-16(8-10-18)12-23(11-3-6-21(23)29)15-26-22(30)17-13-27-28(14-17)20-5-2-1-4-19(20)25/h1-2,4-5,7-10,13-14,21,29H,3,6,11-12,15H2,(H,26,30)/t21-,23-/m0/s1. The Hall–Kier alpha value is -3.06. The number of aromatic nitrogens is 2. The van der Waals surface area contributed by atoms with Crippen LogP contribution in [0.5, 0.6) is 0 Å². The van der Waals surface area contributed by atoms with Gasteiger partial charge in [0.1, 0.15) is 17.3 Å². The number of amides is 1. The van der Waals surface area contributed by atoms with Crippen LogP contribution in [0.15, 0.2) is 60.9 Å². The molecule has 0 bridgehead atoms. The Morgan fingerprint density at radius 2 is 1.97 bits per heavy atom. The van der Waals surface area contributed by atoms with Crippen molar-refractivity contribution in [2.45, 2.75) is 31.8 Å². The number of aliphatic hydroxyl groups excluding tert-OH is 1. The highest BCUT2D eigenvalue weighted by Gasteiger charge is 2.42. The number of rotatable bonds is 6. The number of nitrogens with one attached hydrogen (secondary N) is 1. The SMILES string of the molecule is O=C(NC[C@@]1(Cc2ccc(F)cc2)CCC[C@@H]1O)c1cnn(-c2ccccc2F)c1. The molecule has 0 radical (unpaired) electrons. The Balaban J connectivity index is 1.47. The fraction of sp³-hybridized carbons (Fsp3) is 0.304. The van der Waals surface area contributed by atoms with Crippen molar-refractivity contribution in [3.8, 4) is 5.69 Å². The van der Waals surface area contributed by atoms with E-state index in [2.05, 4.69) is 10.4 Å². The maximum atomic E-state index is 14.0. The zero-order chi connectivity index (χ0) is 21.1. The number of nitrogens with zero attached hydrogens (tertiary/aromatic N) is 2. The van der Waals surface area contributed by atoms with E-state index < -0.39 is 17.3 Å². The number of hydrogen-bond acceptors (Lipinski definition) is 3. The van der Waals surface area contributed by atoms with Crippen LogP contribution in [0.3, 0.4) is 0 Å². The molecule has 0 unspecified atom stereocenters. The third kappa shape index (κ3) is 4.11. The normalized spacial score (nSPS) is 21.0. The Bertz CT molecular complexity index is 1030. The van der Waals surface area contributed by atoms with Crippen LogP contribution in [0.2, 0.25) is 0 Å². The average molecular weight is 411 g/mol. The summed E-state index contributed by atoms with van der Waals surface area (Å²) in [4.78, 5) is 12.7. The van der Waals surface area contributed by atoms with Gasteiger partial charge in [-0.15, -0.1) is 0 Å². The molecule has 1 aliphatic carbocycles. The molecule has 1 amide bonds. The third-order valence-corrected chi connectivity index (χ3v) is 5.87. The molecule has 2 aromatic carbocycles. The van der Waals surface area contributed by atoms with Crippen LogP contribution in [0.25, 0.3) is 5.69 Å². The summed E-state index contributed by atoms with van der Waals surface area (Å²) in [5.74, 6) is -1.07. The van der Waals surface area contributed by atoms with Crippen LogP contribution in [0.4, 0.5) is 8.78 Å². The lowest BCUT2D eigenvalue weighted by Gasteiger charge is -2.33. The molecule has 1 saturated carbocycles. The highest BCUT2D eigenvalue weighted by Crippen LogP contribution is 2.41. The minimum atomic E-state index is -0.552. The summed E-state index contributed by atoms with van der Waals surface area (Å²) in [7, 11) is 0. The molecule has 30 heavy (non-hydrogen) atoms. The summed E-state index contributed by atoms with van der Waals surface area (Å²) >= 11 is 0. The highest BCUT2D eigenvalue weighted by atomic mass is 19.1. The van der Waals surface area contributed by atoms with Gasteiger partial charge in [0.2, 0.25) is 0 Å². The van der Waals surface area contributed by atoms with Crippen molar-refractivity contribution in [2.24, 2.45) is 5.41 Å². The zero-order valence-corrected chi connectivity index (χ0v) is 16.4. The van der Waals surface area contributed by atoms with E-state index in [1.54, 1.807) is 30.3 Å². The first kappa shape index (κ1) is 20.2. The Morgan fingerprint density at radius 3 is 2.67 bits per heavy atom. The van der Waals surface area contributed by atoms with Crippen molar-refractivity contribution >= 4 is 5.91 Å². The van der Waals surface area contributed by atoms with E-state index in [1.807, 2.05) is 0 Å². The van der Waals surface area contributed by atoms with E-state index in [0.717, 1.165) is 18.4 Å². The fourth-order valence-electron chi connectivity index (χ4n) is 4.17. The third-order valence-electron chi connectivity index (χ3n) is 5.87. The quantitative estimate of drug-likeness (QED) is 0.651. The largest absolute Gasteiger partial charge is 0.392 e. The van der Waals surface area contributed by atoms with Crippen LogP contribution in [0, 0.1) is 17.0 Å². The molecule has 4 rings (SSSR count). The molecule has 1 heterocycles. The van der Waals surface area contributed by atoms with Crippen molar-refractivity contribution in [1.82, 2.24) is 15.1 Å². The summed E-state index contributed by atoms with van der Waals surface area (Å²) in [6.45, 7) is 0.287. The van der Waals surface area contributed by atoms with Crippen molar-refractivity contribution in [1.29, 1.82) is 0 Å². The number of carbonyl (C=O) groups excluding carboxylic acids is 1. The monoisotopic (exact) mass is 411 g/mol. The first-order valence-electron chi connectivity index (χ1n) is 9.97. The zero-order valence-electron chi connectivity index (χ0n) is 16.4. The number of benzene rings is 2. The van der Waals surface area contributed by atoms with Gasteiger partial charge in [-0.25, -0.2) is 13.5 Å². The second-order valence-corrected chi connectivity index (χ2v) is 7.88. The van der Waals surface area contributed by atoms with Crippen molar-refractivity contribution < 1.29 is 18.7 Å². The molecule has 0 aliphatic heterocycles. The molecule has 7 heteroatoms. The highest BCUT2D eigenvalue weighted by molar-refractivity contribution is 5.93. The topological polar surface area (TPSA) is 67.2 Å². The summed E-state index contributed by atoms with van der Waals surface area (Å²) in [5, 5.41) is 17.6. The summed E-state index contributed by atoms with van der Waals surface area (Å²) in [5.41, 5.74) is 0.979. The number of hydrogen-bond donors (Lipinski definition) is 2. The molecule has 1 aliphatic rings. The minimum absolute atomic E-state index is 0.260. The predicted octanol–water partition coefficient (Wildman–Crippen LogP) is 3.65. The molecule has 0 saturated heterocycles. The molecule has 5 nitrogen and oxygen atoms in total. The number of aliphatic hydroxyl groups is 1. The maximum absolute atomic E-state index is 14.0. The van der Waals surface area contributed by atoms with Crippen molar-refractivity contribution in [3.63, 3.8) is 0 Å². The molecule has 2 N–H and O–H groups in total. The predicted molar refractivity (Wildman–Crippen MR) is 108 cm³/mol. The van der Waals surface area contributed by atoms with Gasteiger partial charge in [-0.05, 0) is 49.1 Å². The van der Waals surface area contributed by atoms with Crippen molar-refractivity contribution in [3.05, 3.63) is 83.7 Å². The Labute approximate surface area is 173 Å². The lowest BCUT2D eigenvalue weighted by Crippen LogP contribution is -2.44. The van der Waals surface area contributed by atoms with Crippen molar-refractivity contribution in [2.75, 3.05) is 6.54 Å². The maximum Gasteiger partial charge on any atom is 0.254 e. The van der Waals surface area contributed by atoms with Gasteiger partial charge < -0.3 is 10.4 Å². The smallest absolute Gasteiger partial charge is 0.254 e. The van der Waals surface area contributed by atoms with E-state index in [4.69, 9.17) is 0 Å². The molecule has 3 aromatic rings. The van der Waals surface area contributed by atoms with Gasteiger partial charge in [0.05, 0.1) is 17.9 Å². The van der Waals surface area contributed by atoms with Gasteiger partial charge in [0.25, 0.3) is 5.91 Å². The van der Waals surface area contributed by atoms with E-state index in [-0.39, 0.29) is 24.0 Å². The summed E-state index contributed by atoms with van der Waals surface area (Å²) < 4.78 is 28.5. The van der Waals surface area contributed by atoms with Gasteiger partial charge in [0.15, 0.2) is 0 Å². The van der Waals surface area contributed by atoms with Gasteiger partial charge in [-0.1, -0.05) is 30.7 Å². The van der Waals surface area contributed by atoms with Gasteiger partial charge >= 0.3 is 0 Å². The first-order chi connectivity index (χ1) is 14.5. The molecular weight excluding hydrogens is 388 g/mol. The van der Waals surface area contributed by atoms with Gasteiger partial charge in [-0.3, -0.25) is 4.79 Å². The van der Waals surface area contributed by atoms with Gasteiger partial charge in [-0.2, -0.15) is 5.10 Å². The van der Waals surface area contributed by atoms with Gasteiger partial charge in [0, 0.05) is 18.2 Å². The van der Waals surface area contributed by atoms with E-state index in [1.165, 1.54) is 35.3 Å². The lowest BCUT2D eigenvalue weighted by molar-refractivity contribution is 0.0500. The first-order valence-corrected chi connectivity index (χ1v) is 9.97. The molecule has 2 atom stereocenters. The Morgan fingerprint density at radius 1 is 1.20 bits per heavy atom. The second kappa shape index (κ2) is 8.36. The van der Waals surface area contributed by atoms with Crippen LogP contribution < -0.4 is 5.32 Å². The molecular formula is C23H23F2N3O2. The minimum Gasteiger partial charge on any atom is -0.392 e. The van der Waals surface area contributed by atoms with E-state index >= 15 is 0 Å². The Kier molecular flexibility index (Phi) is 5.63. The van der Waals surface area contributed by atoms with Crippen LogP contribution in [-0.4, -0.2) is 33.4 Å². The number of para-hydroxylation sites is 1. The van der Waals surface area contributed by atoms with E-state index in [0.29, 0.717) is 18.4 Å². The number of halogens is 2. The molecule has 0 spiro atoms. The van der Waals surface area contributed by atoms with E-state index in [9.17, 15) is 18.7 Å². The van der Waals surface area contributed by atoms with Crippen LogP contribution in [-0.2, 0) is 6.42 Å². The summed E-state index contributed by atoms with van der Waals surface area (Å²) in [6, 6.07) is 12.4. The number of carbonyl (C=O) groups is 1.